The summed E-state index contributed by atoms with van der Waals surface area (Å²) >= 11 is 0. The molecular formula is C14H30N2. The Balaban J connectivity index is 1.83. The molecule has 2 N–H and O–H groups in total. The summed E-state index contributed by atoms with van der Waals surface area (Å²) in [5, 5.41) is 7.08. The Morgan fingerprint density at radius 3 is 2.38 bits per heavy atom. The summed E-state index contributed by atoms with van der Waals surface area (Å²) in [7, 11) is 0. The second-order valence-electron chi connectivity index (χ2n) is 6.39. The lowest BCUT2D eigenvalue weighted by atomic mass is 9.80. The summed E-state index contributed by atoms with van der Waals surface area (Å²) < 4.78 is 0. The molecule has 1 atom stereocenters. The van der Waals surface area contributed by atoms with Crippen molar-refractivity contribution in [2.75, 3.05) is 19.6 Å². The highest BCUT2D eigenvalue weighted by Gasteiger charge is 2.20. The average Bonchev–Trinajstić information content (AvgIpc) is 2.98. The fourth-order valence-electron chi connectivity index (χ4n) is 1.68. The topological polar surface area (TPSA) is 24.1 Å². The van der Waals surface area contributed by atoms with Crippen LogP contribution >= 0.6 is 0 Å². The molecule has 1 rings (SSSR count). The van der Waals surface area contributed by atoms with Crippen LogP contribution in [-0.4, -0.2) is 25.7 Å². The van der Waals surface area contributed by atoms with E-state index in [2.05, 4.69) is 38.3 Å². The maximum atomic E-state index is 3.54. The third kappa shape index (κ3) is 6.49. The van der Waals surface area contributed by atoms with Crippen molar-refractivity contribution < 1.29 is 0 Å². The molecule has 0 bridgehead atoms. The van der Waals surface area contributed by atoms with Crippen LogP contribution in [0, 0.1) is 11.3 Å². The van der Waals surface area contributed by atoms with Crippen LogP contribution in [0.2, 0.25) is 0 Å². The molecule has 0 aromatic rings. The van der Waals surface area contributed by atoms with Crippen LogP contribution < -0.4 is 10.6 Å². The standard InChI is InChI=1S/C14H30N2/c1-12(14(2,3)4)8-11-15-9-5-10-16-13-6-7-13/h12-13,15-16H,5-11H2,1-4H3. The third-order valence-corrected chi connectivity index (χ3v) is 3.77. The van der Waals surface area contributed by atoms with Gasteiger partial charge in [0, 0.05) is 6.04 Å². The lowest BCUT2D eigenvalue weighted by molar-refractivity contribution is 0.245. The second-order valence-corrected chi connectivity index (χ2v) is 6.39. The van der Waals surface area contributed by atoms with Gasteiger partial charge >= 0.3 is 0 Å². The molecule has 0 spiro atoms. The Morgan fingerprint density at radius 2 is 1.81 bits per heavy atom. The van der Waals surface area contributed by atoms with Gasteiger partial charge in [-0.1, -0.05) is 27.7 Å². The zero-order valence-electron chi connectivity index (χ0n) is 11.6. The van der Waals surface area contributed by atoms with Crippen LogP contribution in [-0.2, 0) is 0 Å². The van der Waals surface area contributed by atoms with Gasteiger partial charge in [-0.15, -0.1) is 0 Å². The van der Waals surface area contributed by atoms with E-state index < -0.39 is 0 Å². The van der Waals surface area contributed by atoms with Crippen molar-refractivity contribution in [3.63, 3.8) is 0 Å². The smallest absolute Gasteiger partial charge is 0.00682 e. The Bertz CT molecular complexity index is 180. The van der Waals surface area contributed by atoms with Crippen molar-refractivity contribution >= 4 is 0 Å². The summed E-state index contributed by atoms with van der Waals surface area (Å²) in [6, 6.07) is 0.862. The van der Waals surface area contributed by atoms with Crippen LogP contribution in [0.3, 0.4) is 0 Å². The van der Waals surface area contributed by atoms with E-state index in [4.69, 9.17) is 0 Å². The summed E-state index contributed by atoms with van der Waals surface area (Å²) in [5.74, 6) is 0.796. The van der Waals surface area contributed by atoms with Gasteiger partial charge in [-0.25, -0.2) is 0 Å². The number of hydrogen-bond acceptors (Lipinski definition) is 2. The van der Waals surface area contributed by atoms with Crippen LogP contribution in [0.15, 0.2) is 0 Å². The average molecular weight is 226 g/mol. The molecule has 2 heteroatoms. The summed E-state index contributed by atoms with van der Waals surface area (Å²) in [6.07, 6.45) is 5.35. The molecule has 0 heterocycles. The van der Waals surface area contributed by atoms with Crippen molar-refractivity contribution in [1.29, 1.82) is 0 Å². The van der Waals surface area contributed by atoms with E-state index in [1.165, 1.54) is 38.8 Å². The third-order valence-electron chi connectivity index (χ3n) is 3.77. The summed E-state index contributed by atoms with van der Waals surface area (Å²) in [6.45, 7) is 12.9. The quantitative estimate of drug-likeness (QED) is 0.622. The van der Waals surface area contributed by atoms with E-state index in [0.29, 0.717) is 5.41 Å². The Labute approximate surface area is 102 Å². The molecule has 0 aromatic heterocycles. The van der Waals surface area contributed by atoms with E-state index in [1.807, 2.05) is 0 Å². The molecule has 0 radical (unpaired) electrons. The van der Waals surface area contributed by atoms with Gasteiger partial charge in [0.05, 0.1) is 0 Å². The van der Waals surface area contributed by atoms with E-state index in [9.17, 15) is 0 Å². The van der Waals surface area contributed by atoms with Gasteiger partial charge in [0.25, 0.3) is 0 Å². The molecule has 1 fully saturated rings. The van der Waals surface area contributed by atoms with Crippen molar-refractivity contribution in [3.8, 4) is 0 Å². The van der Waals surface area contributed by atoms with Gasteiger partial charge in [0.2, 0.25) is 0 Å². The van der Waals surface area contributed by atoms with Crippen molar-refractivity contribution in [3.05, 3.63) is 0 Å². The van der Waals surface area contributed by atoms with Gasteiger partial charge in [-0.05, 0) is 56.7 Å². The summed E-state index contributed by atoms with van der Waals surface area (Å²) in [4.78, 5) is 0. The number of hydrogen-bond donors (Lipinski definition) is 2. The lowest BCUT2D eigenvalue weighted by Crippen LogP contribution is -2.26. The highest BCUT2D eigenvalue weighted by Crippen LogP contribution is 2.27. The van der Waals surface area contributed by atoms with Crippen LogP contribution in [0.1, 0.15) is 53.4 Å². The molecule has 0 aromatic carbocycles. The molecule has 0 amide bonds. The molecule has 0 saturated heterocycles. The van der Waals surface area contributed by atoms with Gasteiger partial charge in [0.1, 0.15) is 0 Å². The maximum absolute atomic E-state index is 3.54. The Morgan fingerprint density at radius 1 is 1.12 bits per heavy atom. The number of nitrogens with one attached hydrogen (secondary N) is 2. The molecule has 0 aliphatic heterocycles. The number of rotatable bonds is 8. The molecule has 1 aliphatic carbocycles. The van der Waals surface area contributed by atoms with E-state index in [-0.39, 0.29) is 0 Å². The highest BCUT2D eigenvalue weighted by molar-refractivity contribution is 4.80. The predicted octanol–water partition coefficient (Wildman–Crippen LogP) is 2.79. The highest BCUT2D eigenvalue weighted by atomic mass is 14.9. The molecule has 1 unspecified atom stereocenters. The minimum Gasteiger partial charge on any atom is -0.317 e. The van der Waals surface area contributed by atoms with Crippen LogP contribution in [0.5, 0.6) is 0 Å². The van der Waals surface area contributed by atoms with E-state index in [1.54, 1.807) is 0 Å². The van der Waals surface area contributed by atoms with Crippen molar-refractivity contribution in [2.45, 2.75) is 59.4 Å². The monoisotopic (exact) mass is 226 g/mol. The predicted molar refractivity (Wildman–Crippen MR) is 71.7 cm³/mol. The van der Waals surface area contributed by atoms with Crippen molar-refractivity contribution in [1.82, 2.24) is 10.6 Å². The zero-order chi connectivity index (χ0) is 12.0. The fourth-order valence-corrected chi connectivity index (χ4v) is 1.68. The zero-order valence-corrected chi connectivity index (χ0v) is 11.6. The summed E-state index contributed by atoms with van der Waals surface area (Å²) in [5.41, 5.74) is 0.454. The second kappa shape index (κ2) is 6.61. The minimum atomic E-state index is 0.454. The minimum absolute atomic E-state index is 0.454. The maximum Gasteiger partial charge on any atom is 0.00682 e. The fraction of sp³-hybridized carbons (Fsp3) is 1.00. The van der Waals surface area contributed by atoms with Gasteiger partial charge in [-0.2, -0.15) is 0 Å². The largest absolute Gasteiger partial charge is 0.317 e. The van der Waals surface area contributed by atoms with Gasteiger partial charge < -0.3 is 10.6 Å². The van der Waals surface area contributed by atoms with Gasteiger partial charge in [0.15, 0.2) is 0 Å². The Kier molecular flexibility index (Phi) is 5.77. The van der Waals surface area contributed by atoms with E-state index in [0.717, 1.165) is 18.5 Å². The lowest BCUT2D eigenvalue weighted by Gasteiger charge is -2.27. The first-order valence-corrected chi connectivity index (χ1v) is 6.94. The Hall–Kier alpha value is -0.0800. The molecule has 2 nitrogen and oxygen atoms in total. The van der Waals surface area contributed by atoms with E-state index >= 15 is 0 Å². The molecule has 96 valence electrons. The molecule has 1 aliphatic rings. The normalized spacial score (nSPS) is 18.8. The first-order valence-electron chi connectivity index (χ1n) is 6.94. The molecule has 16 heavy (non-hydrogen) atoms. The first-order chi connectivity index (χ1) is 7.50. The van der Waals surface area contributed by atoms with Crippen LogP contribution in [0.4, 0.5) is 0 Å². The molecular weight excluding hydrogens is 196 g/mol. The first kappa shape index (κ1) is 14.0. The SMILES string of the molecule is CC(CCNCCCNC1CC1)C(C)(C)C. The van der Waals surface area contributed by atoms with Gasteiger partial charge in [-0.3, -0.25) is 0 Å². The van der Waals surface area contributed by atoms with Crippen molar-refractivity contribution in [2.24, 2.45) is 11.3 Å². The van der Waals surface area contributed by atoms with Crippen LogP contribution in [0.25, 0.3) is 0 Å². The molecule has 1 saturated carbocycles.